The van der Waals surface area contributed by atoms with Gasteiger partial charge in [-0.05, 0) is 43.7 Å². The van der Waals surface area contributed by atoms with Crippen molar-refractivity contribution in [2.45, 2.75) is 43.9 Å². The summed E-state index contributed by atoms with van der Waals surface area (Å²) in [6.07, 6.45) is 4.71. The monoisotopic (exact) mass is 301 g/mol. The second-order valence-corrected chi connectivity index (χ2v) is 6.68. The van der Waals surface area contributed by atoms with Gasteiger partial charge in [0, 0.05) is 18.8 Å². The van der Waals surface area contributed by atoms with Crippen LogP contribution in [-0.4, -0.2) is 48.8 Å². The van der Waals surface area contributed by atoms with Crippen molar-refractivity contribution in [3.63, 3.8) is 0 Å². The molecular weight excluding hydrogens is 278 g/mol. The summed E-state index contributed by atoms with van der Waals surface area (Å²) in [7, 11) is 0. The topological polar surface area (TPSA) is 38.8 Å². The zero-order chi connectivity index (χ0) is 14.9. The number of carbonyl (C=O) groups is 1. The first-order valence-electron chi connectivity index (χ1n) is 8.42. The summed E-state index contributed by atoms with van der Waals surface area (Å²) in [4.78, 5) is 14.8. The van der Waals surface area contributed by atoms with Gasteiger partial charge in [-0.1, -0.05) is 18.2 Å². The van der Waals surface area contributed by atoms with Crippen LogP contribution >= 0.6 is 0 Å². The summed E-state index contributed by atoms with van der Waals surface area (Å²) in [5.41, 5.74) is 0.759. The molecule has 3 atom stereocenters. The van der Waals surface area contributed by atoms with Gasteiger partial charge in [-0.2, -0.15) is 0 Å². The van der Waals surface area contributed by atoms with Crippen LogP contribution in [0.2, 0.25) is 0 Å². The normalized spacial score (nSPS) is 31.1. The number of likely N-dealkylation sites (tertiary alicyclic amines) is 1. The number of nitrogens with zero attached hydrogens (tertiary/aromatic N) is 1. The highest BCUT2D eigenvalue weighted by molar-refractivity contribution is 5.94. The molecule has 22 heavy (non-hydrogen) atoms. The molecule has 2 saturated heterocycles. The minimum Gasteiger partial charge on any atom is -0.373 e. The highest BCUT2D eigenvalue weighted by atomic mass is 16.5. The SMILES string of the molecule is O=C(c1ccccc1)N1C[C@@H](OCC2CC2)[C@@H]2OCCC[C@@H]21. The molecule has 0 N–H and O–H groups in total. The van der Waals surface area contributed by atoms with Gasteiger partial charge in [-0.3, -0.25) is 4.79 Å². The van der Waals surface area contributed by atoms with Crippen LogP contribution in [0.25, 0.3) is 0 Å². The van der Waals surface area contributed by atoms with E-state index in [1.165, 1.54) is 12.8 Å². The van der Waals surface area contributed by atoms with Crippen LogP contribution in [0.1, 0.15) is 36.0 Å². The van der Waals surface area contributed by atoms with Gasteiger partial charge >= 0.3 is 0 Å². The minimum absolute atomic E-state index is 0.0403. The Labute approximate surface area is 131 Å². The van der Waals surface area contributed by atoms with E-state index in [4.69, 9.17) is 9.47 Å². The van der Waals surface area contributed by atoms with Crippen LogP contribution in [0.4, 0.5) is 0 Å². The molecule has 4 rings (SSSR count). The fourth-order valence-corrected chi connectivity index (χ4v) is 3.58. The molecule has 0 spiro atoms. The Hall–Kier alpha value is -1.39. The molecule has 118 valence electrons. The summed E-state index contributed by atoms with van der Waals surface area (Å²) >= 11 is 0. The zero-order valence-corrected chi connectivity index (χ0v) is 12.8. The maximum absolute atomic E-state index is 12.8. The van der Waals surface area contributed by atoms with Crippen LogP contribution in [0.15, 0.2) is 30.3 Å². The molecule has 1 aromatic carbocycles. The highest BCUT2D eigenvalue weighted by Crippen LogP contribution is 2.34. The molecule has 1 amide bonds. The van der Waals surface area contributed by atoms with Gasteiger partial charge in [0.25, 0.3) is 5.91 Å². The van der Waals surface area contributed by atoms with Crippen molar-refractivity contribution in [3.8, 4) is 0 Å². The minimum atomic E-state index is 0.0403. The summed E-state index contributed by atoms with van der Waals surface area (Å²) < 4.78 is 12.1. The number of rotatable bonds is 4. The molecule has 0 unspecified atom stereocenters. The van der Waals surface area contributed by atoms with E-state index < -0.39 is 0 Å². The quantitative estimate of drug-likeness (QED) is 0.857. The van der Waals surface area contributed by atoms with Crippen LogP contribution in [-0.2, 0) is 9.47 Å². The standard InChI is InChI=1S/C18H23NO3/c20-18(14-5-2-1-3-6-14)19-11-16(22-12-13-8-9-13)17-15(19)7-4-10-21-17/h1-3,5-6,13,15-17H,4,7-12H2/t15-,16+,17+/m0/s1. The Kier molecular flexibility index (Phi) is 3.89. The first-order chi connectivity index (χ1) is 10.8. The first kappa shape index (κ1) is 14.2. The average molecular weight is 301 g/mol. The lowest BCUT2D eigenvalue weighted by atomic mass is 10.0. The van der Waals surface area contributed by atoms with E-state index in [1.807, 2.05) is 35.2 Å². The van der Waals surface area contributed by atoms with Crippen molar-refractivity contribution < 1.29 is 14.3 Å². The van der Waals surface area contributed by atoms with Gasteiger partial charge in [-0.25, -0.2) is 0 Å². The van der Waals surface area contributed by atoms with Gasteiger partial charge < -0.3 is 14.4 Å². The molecule has 1 saturated carbocycles. The van der Waals surface area contributed by atoms with Gasteiger partial charge in [0.2, 0.25) is 0 Å². The summed E-state index contributed by atoms with van der Waals surface area (Å²) in [5.74, 6) is 0.847. The van der Waals surface area contributed by atoms with Gasteiger partial charge in [0.15, 0.2) is 0 Å². The summed E-state index contributed by atoms with van der Waals surface area (Å²) in [6.45, 7) is 2.28. The van der Waals surface area contributed by atoms with Gasteiger partial charge in [-0.15, -0.1) is 0 Å². The average Bonchev–Trinajstić information content (AvgIpc) is 3.34. The number of hydrogen-bond acceptors (Lipinski definition) is 3. The molecule has 3 aliphatic rings. The second kappa shape index (κ2) is 6.01. The lowest BCUT2D eigenvalue weighted by molar-refractivity contribution is -0.0781. The molecular formula is C18H23NO3. The molecule has 2 aliphatic heterocycles. The Balaban J connectivity index is 1.49. The van der Waals surface area contributed by atoms with Crippen LogP contribution in [0.3, 0.4) is 0 Å². The third-order valence-corrected chi connectivity index (χ3v) is 5.00. The van der Waals surface area contributed by atoms with E-state index in [1.54, 1.807) is 0 Å². The fourth-order valence-electron chi connectivity index (χ4n) is 3.58. The third kappa shape index (κ3) is 2.77. The van der Waals surface area contributed by atoms with Crippen LogP contribution < -0.4 is 0 Å². The number of carbonyl (C=O) groups excluding carboxylic acids is 1. The third-order valence-electron chi connectivity index (χ3n) is 5.00. The predicted molar refractivity (Wildman–Crippen MR) is 82.7 cm³/mol. The number of benzene rings is 1. The molecule has 4 heteroatoms. The second-order valence-electron chi connectivity index (χ2n) is 6.68. The maximum atomic E-state index is 12.8. The first-order valence-corrected chi connectivity index (χ1v) is 8.42. The van der Waals surface area contributed by atoms with E-state index in [0.29, 0.717) is 6.54 Å². The smallest absolute Gasteiger partial charge is 0.254 e. The lowest BCUT2D eigenvalue weighted by Gasteiger charge is -2.32. The van der Waals surface area contributed by atoms with Crippen LogP contribution in [0.5, 0.6) is 0 Å². The fraction of sp³-hybridized carbons (Fsp3) is 0.611. The zero-order valence-electron chi connectivity index (χ0n) is 12.8. The van der Waals surface area contributed by atoms with Crippen molar-refractivity contribution >= 4 is 5.91 Å². The molecule has 0 radical (unpaired) electrons. The summed E-state index contributed by atoms with van der Waals surface area (Å²) in [6, 6.07) is 9.72. The van der Waals surface area contributed by atoms with E-state index in [2.05, 4.69) is 0 Å². The van der Waals surface area contributed by atoms with Gasteiger partial charge in [0.05, 0.1) is 12.6 Å². The lowest BCUT2D eigenvalue weighted by Crippen LogP contribution is -2.43. The highest BCUT2D eigenvalue weighted by Gasteiger charge is 2.47. The molecule has 1 aromatic rings. The maximum Gasteiger partial charge on any atom is 0.254 e. The Morgan fingerprint density at radius 1 is 1.23 bits per heavy atom. The van der Waals surface area contributed by atoms with Crippen molar-refractivity contribution in [2.24, 2.45) is 5.92 Å². The van der Waals surface area contributed by atoms with Gasteiger partial charge in [0.1, 0.15) is 12.2 Å². The molecule has 4 nitrogen and oxygen atoms in total. The van der Waals surface area contributed by atoms with E-state index >= 15 is 0 Å². The van der Waals surface area contributed by atoms with Crippen molar-refractivity contribution in [1.82, 2.24) is 4.90 Å². The Morgan fingerprint density at radius 3 is 2.82 bits per heavy atom. The predicted octanol–water partition coefficient (Wildman–Crippen LogP) is 2.49. The number of ether oxygens (including phenoxy) is 2. The Morgan fingerprint density at radius 2 is 2.05 bits per heavy atom. The number of hydrogen-bond donors (Lipinski definition) is 0. The molecule has 2 heterocycles. The molecule has 1 aliphatic carbocycles. The Bertz CT molecular complexity index is 528. The van der Waals surface area contributed by atoms with E-state index in [0.717, 1.165) is 37.5 Å². The van der Waals surface area contributed by atoms with Crippen LogP contribution in [0, 0.1) is 5.92 Å². The number of amides is 1. The molecule has 3 fully saturated rings. The number of fused-ring (bicyclic) bond motifs is 1. The summed E-state index contributed by atoms with van der Waals surface area (Å²) in [5, 5.41) is 0. The van der Waals surface area contributed by atoms with Crippen molar-refractivity contribution in [3.05, 3.63) is 35.9 Å². The molecule has 0 bridgehead atoms. The van der Waals surface area contributed by atoms with Crippen molar-refractivity contribution in [1.29, 1.82) is 0 Å². The van der Waals surface area contributed by atoms with E-state index in [9.17, 15) is 4.79 Å². The largest absolute Gasteiger partial charge is 0.373 e. The van der Waals surface area contributed by atoms with E-state index in [-0.39, 0.29) is 24.2 Å². The van der Waals surface area contributed by atoms with Crippen molar-refractivity contribution in [2.75, 3.05) is 19.8 Å². The molecule has 0 aromatic heterocycles.